The number of hydrogen-bond donors (Lipinski definition) is 2. The molecule has 13 heteroatoms. The molecule has 1 spiro atoms. The third kappa shape index (κ3) is 4.97. The van der Waals surface area contributed by atoms with E-state index >= 15 is 0 Å². The first-order valence-corrected chi connectivity index (χ1v) is 21.7. The van der Waals surface area contributed by atoms with Gasteiger partial charge in [0.15, 0.2) is 16.8 Å². The molecule has 3 N–H and O–H groups in total. The number of fused-ring (bicyclic) bond motifs is 3. The molecule has 4 aliphatic carbocycles. The van der Waals surface area contributed by atoms with Crippen LogP contribution in [-0.2, 0) is 17.7 Å². The molecule has 6 heterocycles. The zero-order valence-electron chi connectivity index (χ0n) is 33.5. The highest BCUT2D eigenvalue weighted by atomic mass is 32.1. The van der Waals surface area contributed by atoms with Crippen LogP contribution in [0.2, 0.25) is 0 Å². The predicted octanol–water partition coefficient (Wildman–Crippen LogP) is 7.73. The Morgan fingerprint density at radius 1 is 0.930 bits per heavy atom. The van der Waals surface area contributed by atoms with Crippen molar-refractivity contribution in [1.29, 1.82) is 0 Å². The Bertz CT molecular complexity index is 2410. The van der Waals surface area contributed by atoms with Crippen molar-refractivity contribution >= 4 is 50.0 Å². The molecular formula is C44H52N10O2S. The van der Waals surface area contributed by atoms with Crippen molar-refractivity contribution < 1.29 is 9.53 Å². The molecular weight excluding hydrogens is 733 g/mol. The van der Waals surface area contributed by atoms with Crippen LogP contribution in [0.25, 0.3) is 21.3 Å². The highest BCUT2D eigenvalue weighted by Crippen LogP contribution is 2.95. The highest BCUT2D eigenvalue weighted by molar-refractivity contribution is 7.22. The molecule has 6 aliphatic rings. The van der Waals surface area contributed by atoms with E-state index in [1.54, 1.807) is 11.3 Å². The first-order valence-electron chi connectivity index (χ1n) is 20.9. The maximum absolute atomic E-state index is 13.1. The second-order valence-corrected chi connectivity index (χ2v) is 19.9. The number of carbonyl (C=O) groups is 1. The number of nitrogens with one attached hydrogen (secondary N) is 1. The van der Waals surface area contributed by atoms with E-state index in [9.17, 15) is 4.79 Å². The number of likely N-dealkylation sites (tertiary alicyclic amines) is 1. The topological polar surface area (TPSA) is 140 Å². The molecule has 296 valence electrons. The first kappa shape index (κ1) is 35.7. The fraction of sp³-hybridized carbons (Fsp3) is 0.545. The monoisotopic (exact) mass is 784 g/mol. The van der Waals surface area contributed by atoms with Crippen LogP contribution in [0.5, 0.6) is 0 Å². The summed E-state index contributed by atoms with van der Waals surface area (Å²) < 4.78 is 10.3. The Balaban J connectivity index is 0.838. The fourth-order valence-corrected chi connectivity index (χ4v) is 14.7. The SMILES string of the molecule is Cc1c(Nc2nc3ccccc3s2)nnc2c1CCCN2c1ccc(-c2cnn(CC34CC5(C)CC6(OCCN7CCCC7)CC(C)(C3)C56C4)c2C)c(C(N)=O)n1. The van der Waals surface area contributed by atoms with Gasteiger partial charge in [0, 0.05) is 53.0 Å². The van der Waals surface area contributed by atoms with Crippen LogP contribution in [0.3, 0.4) is 0 Å². The number of benzene rings is 1. The largest absolute Gasteiger partial charge is 0.373 e. The van der Waals surface area contributed by atoms with Crippen LogP contribution in [0.4, 0.5) is 22.6 Å². The van der Waals surface area contributed by atoms with E-state index in [1.165, 1.54) is 58.0 Å². The summed E-state index contributed by atoms with van der Waals surface area (Å²) in [6.07, 6.45) is 12.4. The second-order valence-electron chi connectivity index (χ2n) is 18.9. The number of carbonyl (C=O) groups excluding carboxylic acids is 1. The van der Waals surface area contributed by atoms with Crippen molar-refractivity contribution in [3.63, 3.8) is 0 Å². The van der Waals surface area contributed by atoms with Crippen LogP contribution >= 0.6 is 11.3 Å². The summed E-state index contributed by atoms with van der Waals surface area (Å²) >= 11 is 1.60. The van der Waals surface area contributed by atoms with Gasteiger partial charge >= 0.3 is 0 Å². The minimum atomic E-state index is -0.562. The Morgan fingerprint density at radius 2 is 1.72 bits per heavy atom. The van der Waals surface area contributed by atoms with E-state index in [2.05, 4.69) is 58.7 Å². The second kappa shape index (κ2) is 12.3. The zero-order chi connectivity index (χ0) is 39.0. The minimum Gasteiger partial charge on any atom is -0.373 e. The number of aromatic nitrogens is 6. The quantitative estimate of drug-likeness (QED) is 0.137. The summed E-state index contributed by atoms with van der Waals surface area (Å²) in [6.45, 7) is 15.3. The average Bonchev–Trinajstić information content (AvgIpc) is 4.00. The average molecular weight is 785 g/mol. The Morgan fingerprint density at radius 3 is 2.49 bits per heavy atom. The number of primary amides is 1. The van der Waals surface area contributed by atoms with E-state index in [1.807, 2.05) is 36.5 Å². The summed E-state index contributed by atoms with van der Waals surface area (Å²) in [6, 6.07) is 12.1. The van der Waals surface area contributed by atoms with Gasteiger partial charge in [-0.05, 0) is 125 Å². The highest BCUT2D eigenvalue weighted by Gasteiger charge is 2.93. The van der Waals surface area contributed by atoms with Crippen LogP contribution in [-0.4, -0.2) is 79.1 Å². The van der Waals surface area contributed by atoms with Gasteiger partial charge in [-0.25, -0.2) is 9.97 Å². The number of ether oxygens (including phenoxy) is 1. The molecule has 57 heavy (non-hydrogen) atoms. The molecule has 11 rings (SSSR count). The molecule has 2 aliphatic heterocycles. The maximum atomic E-state index is 13.1. The molecule has 2 bridgehead atoms. The lowest BCUT2D eigenvalue weighted by atomic mass is 9.25. The Labute approximate surface area is 337 Å². The standard InChI is InChI=1S/C44H52N10O2S/c1-27-29-10-9-17-53(38(29)51-50-37(27)49-39-47-32-11-5-6-12-33(32)57-39)34-14-13-30(35(48-34)36(45)55)31-20-46-54(28(31)2)26-42-21-40(3)23-43(56-19-18-52-15-7-8-16-52)24-41(4,22-42)44(40,43)25-42/h5-6,11-14,20H,7-10,15-19,21-26H2,1-4H3,(H2,45,55)(H,47,49,50). The van der Waals surface area contributed by atoms with E-state index in [-0.39, 0.29) is 22.1 Å². The zero-order valence-corrected chi connectivity index (χ0v) is 34.3. The number of para-hydroxylation sites is 1. The summed E-state index contributed by atoms with van der Waals surface area (Å²) in [5.41, 5.74) is 13.2. The van der Waals surface area contributed by atoms with E-state index < -0.39 is 5.91 Å². The summed E-state index contributed by atoms with van der Waals surface area (Å²) in [5, 5.41) is 18.5. The van der Waals surface area contributed by atoms with Gasteiger partial charge in [-0.2, -0.15) is 5.10 Å². The van der Waals surface area contributed by atoms with Crippen molar-refractivity contribution in [3.05, 3.63) is 65.1 Å². The lowest BCUT2D eigenvalue weighted by Crippen LogP contribution is -2.82. The number of nitrogens with zero attached hydrogens (tertiary/aromatic N) is 8. The van der Waals surface area contributed by atoms with Gasteiger partial charge in [0.1, 0.15) is 11.5 Å². The van der Waals surface area contributed by atoms with Gasteiger partial charge in [-0.3, -0.25) is 9.48 Å². The Hall–Kier alpha value is -4.46. The molecule has 0 radical (unpaired) electrons. The minimum absolute atomic E-state index is 0.0537. The molecule has 1 saturated heterocycles. The van der Waals surface area contributed by atoms with Crippen molar-refractivity contribution in [2.24, 2.45) is 27.4 Å². The molecule has 2 atom stereocenters. The molecule has 2 unspecified atom stereocenters. The van der Waals surface area contributed by atoms with Gasteiger partial charge in [-0.15, -0.1) is 10.2 Å². The number of thiazole rings is 1. The molecule has 5 fully saturated rings. The van der Waals surface area contributed by atoms with Crippen LogP contribution in [0.1, 0.15) is 92.5 Å². The lowest BCUT2D eigenvalue weighted by Gasteiger charge is -2.82. The number of pyridine rings is 1. The number of nitrogens with two attached hydrogens (primary N) is 1. The van der Waals surface area contributed by atoms with Gasteiger partial charge in [0.05, 0.1) is 28.6 Å². The molecule has 4 saturated carbocycles. The summed E-state index contributed by atoms with van der Waals surface area (Å²) in [4.78, 5) is 27.4. The van der Waals surface area contributed by atoms with Crippen molar-refractivity contribution in [1.82, 2.24) is 34.8 Å². The molecule has 5 aromatic rings. The predicted molar refractivity (Wildman–Crippen MR) is 222 cm³/mol. The summed E-state index contributed by atoms with van der Waals surface area (Å²) in [7, 11) is 0. The van der Waals surface area contributed by atoms with E-state index in [0.29, 0.717) is 34.6 Å². The van der Waals surface area contributed by atoms with Crippen LogP contribution in [0.15, 0.2) is 42.6 Å². The Kier molecular flexibility index (Phi) is 7.69. The smallest absolute Gasteiger partial charge is 0.268 e. The van der Waals surface area contributed by atoms with E-state index in [0.717, 1.165) is 76.1 Å². The third-order valence-corrected chi connectivity index (χ3v) is 16.5. The molecule has 1 aromatic carbocycles. The van der Waals surface area contributed by atoms with Crippen molar-refractivity contribution in [2.45, 2.75) is 97.6 Å². The number of anilines is 4. The van der Waals surface area contributed by atoms with E-state index in [4.69, 9.17) is 30.6 Å². The molecule has 1 amide bonds. The van der Waals surface area contributed by atoms with Crippen molar-refractivity contribution in [2.75, 3.05) is 43.0 Å². The van der Waals surface area contributed by atoms with Gasteiger partial charge in [0.2, 0.25) is 0 Å². The maximum Gasteiger partial charge on any atom is 0.268 e. The van der Waals surface area contributed by atoms with Gasteiger partial charge in [0.25, 0.3) is 5.91 Å². The van der Waals surface area contributed by atoms with Gasteiger partial charge in [-0.1, -0.05) is 37.3 Å². The summed E-state index contributed by atoms with van der Waals surface area (Å²) in [5.74, 6) is 1.52. The molecule has 12 nitrogen and oxygen atoms in total. The third-order valence-electron chi connectivity index (χ3n) is 15.5. The normalized spacial score (nSPS) is 31.0. The first-order chi connectivity index (χ1) is 27.5. The number of hydrogen-bond acceptors (Lipinski definition) is 11. The molecule has 4 aromatic heterocycles. The number of rotatable bonds is 11. The lowest BCUT2D eigenvalue weighted by molar-refractivity contribution is -0.397. The van der Waals surface area contributed by atoms with Gasteiger partial charge < -0.3 is 25.6 Å². The van der Waals surface area contributed by atoms with Crippen molar-refractivity contribution in [3.8, 4) is 11.1 Å². The fourth-order valence-electron chi connectivity index (χ4n) is 13.9. The van der Waals surface area contributed by atoms with Crippen LogP contribution < -0.4 is 16.0 Å². The van der Waals surface area contributed by atoms with Crippen LogP contribution in [0, 0.1) is 35.5 Å². The number of amides is 1.